The van der Waals surface area contributed by atoms with Crippen molar-refractivity contribution in [3.63, 3.8) is 0 Å². The maximum atomic E-state index is 12.5. The molecule has 5 heteroatoms. The van der Waals surface area contributed by atoms with Crippen LogP contribution in [0.1, 0.15) is 23.2 Å². The fourth-order valence-electron chi connectivity index (χ4n) is 3.23. The topological polar surface area (TPSA) is 40.5 Å². The molecule has 2 aliphatic rings. The lowest BCUT2D eigenvalue weighted by atomic mass is 10.00. The maximum absolute atomic E-state index is 12.5. The van der Waals surface area contributed by atoms with E-state index >= 15 is 0 Å². The minimum Gasteiger partial charge on any atom is -0.393 e. The second-order valence-electron chi connectivity index (χ2n) is 5.40. The van der Waals surface area contributed by atoms with Crippen molar-refractivity contribution < 1.29 is 9.90 Å². The Morgan fingerprint density at radius 2 is 2.05 bits per heavy atom. The van der Waals surface area contributed by atoms with Gasteiger partial charge in [-0.2, -0.15) is 0 Å². The van der Waals surface area contributed by atoms with Crippen molar-refractivity contribution in [2.45, 2.75) is 18.9 Å². The molecule has 2 fully saturated rings. The number of nitrogens with zero attached hydrogens (tertiary/aromatic N) is 1. The Labute approximate surface area is 122 Å². The quantitative estimate of drug-likeness (QED) is 0.866. The summed E-state index contributed by atoms with van der Waals surface area (Å²) in [6, 6.07) is 4.92. The van der Waals surface area contributed by atoms with Gasteiger partial charge in [-0.1, -0.05) is 23.2 Å². The van der Waals surface area contributed by atoms with Gasteiger partial charge in [-0.3, -0.25) is 4.79 Å². The van der Waals surface area contributed by atoms with Gasteiger partial charge >= 0.3 is 0 Å². The molecule has 3 rings (SSSR count). The number of halogens is 2. The van der Waals surface area contributed by atoms with E-state index in [4.69, 9.17) is 23.2 Å². The first-order valence-corrected chi connectivity index (χ1v) is 7.24. The number of likely N-dealkylation sites (tertiary alicyclic amines) is 1. The van der Waals surface area contributed by atoms with Gasteiger partial charge < -0.3 is 10.0 Å². The Hall–Kier alpha value is -0.770. The highest BCUT2D eigenvalue weighted by Crippen LogP contribution is 2.39. The van der Waals surface area contributed by atoms with Crippen LogP contribution in [0.15, 0.2) is 18.2 Å². The molecule has 1 aliphatic carbocycles. The monoisotopic (exact) mass is 299 g/mol. The second kappa shape index (κ2) is 4.97. The maximum Gasteiger partial charge on any atom is 0.255 e. The average Bonchev–Trinajstić information content (AvgIpc) is 2.94. The van der Waals surface area contributed by atoms with Crippen molar-refractivity contribution in [3.05, 3.63) is 33.8 Å². The molecule has 1 saturated carbocycles. The first-order valence-electron chi connectivity index (χ1n) is 6.48. The number of hydrogen-bond acceptors (Lipinski definition) is 2. The van der Waals surface area contributed by atoms with E-state index < -0.39 is 0 Å². The summed E-state index contributed by atoms with van der Waals surface area (Å²) in [4.78, 5) is 14.2. The largest absolute Gasteiger partial charge is 0.393 e. The van der Waals surface area contributed by atoms with Crippen LogP contribution in [-0.2, 0) is 0 Å². The SMILES string of the molecule is O=C(c1cc(Cl)ccc1Cl)N1CC2CCC(O)C2C1. The van der Waals surface area contributed by atoms with E-state index in [1.807, 2.05) is 0 Å². The van der Waals surface area contributed by atoms with Crippen LogP contribution in [0.2, 0.25) is 10.0 Å². The third-order valence-electron chi connectivity index (χ3n) is 4.27. The van der Waals surface area contributed by atoms with Crippen molar-refractivity contribution >= 4 is 29.1 Å². The van der Waals surface area contributed by atoms with E-state index in [0.717, 1.165) is 12.8 Å². The molecule has 0 spiro atoms. The van der Waals surface area contributed by atoms with Crippen molar-refractivity contribution in [1.82, 2.24) is 4.90 Å². The summed E-state index contributed by atoms with van der Waals surface area (Å²) in [5.74, 6) is 0.563. The second-order valence-corrected chi connectivity index (χ2v) is 6.25. The summed E-state index contributed by atoms with van der Waals surface area (Å²) in [6.07, 6.45) is 1.59. The zero-order chi connectivity index (χ0) is 13.6. The molecule has 0 aromatic heterocycles. The third kappa shape index (κ3) is 2.35. The first kappa shape index (κ1) is 13.2. The Balaban J connectivity index is 1.80. The smallest absolute Gasteiger partial charge is 0.255 e. The molecule has 1 saturated heterocycles. The number of aliphatic hydroxyl groups excluding tert-OH is 1. The van der Waals surface area contributed by atoms with Gasteiger partial charge in [-0.05, 0) is 37.0 Å². The fraction of sp³-hybridized carbons (Fsp3) is 0.500. The highest BCUT2D eigenvalue weighted by Gasteiger charge is 2.43. The molecular formula is C14H15Cl2NO2. The number of hydrogen-bond donors (Lipinski definition) is 1. The lowest BCUT2D eigenvalue weighted by Gasteiger charge is -2.19. The van der Waals surface area contributed by atoms with Crippen LogP contribution in [-0.4, -0.2) is 35.1 Å². The van der Waals surface area contributed by atoms with Gasteiger partial charge in [0.25, 0.3) is 5.91 Å². The minimum absolute atomic E-state index is 0.0888. The highest BCUT2D eigenvalue weighted by atomic mass is 35.5. The molecule has 1 N–H and O–H groups in total. The Bertz CT molecular complexity index is 520. The predicted molar refractivity (Wildman–Crippen MR) is 74.6 cm³/mol. The van der Waals surface area contributed by atoms with Crippen molar-refractivity contribution in [2.24, 2.45) is 11.8 Å². The van der Waals surface area contributed by atoms with Gasteiger partial charge in [0.15, 0.2) is 0 Å². The lowest BCUT2D eigenvalue weighted by Crippen LogP contribution is -2.31. The van der Waals surface area contributed by atoms with E-state index in [1.165, 1.54) is 0 Å². The van der Waals surface area contributed by atoms with Crippen LogP contribution in [0.5, 0.6) is 0 Å². The molecule has 1 aliphatic heterocycles. The number of rotatable bonds is 1. The minimum atomic E-state index is -0.266. The zero-order valence-electron chi connectivity index (χ0n) is 10.4. The van der Waals surface area contributed by atoms with E-state index in [-0.39, 0.29) is 17.9 Å². The molecule has 1 amide bonds. The molecule has 3 unspecified atom stereocenters. The number of aliphatic hydroxyl groups is 1. The van der Waals surface area contributed by atoms with E-state index in [1.54, 1.807) is 23.1 Å². The summed E-state index contributed by atoms with van der Waals surface area (Å²) < 4.78 is 0. The summed E-state index contributed by atoms with van der Waals surface area (Å²) in [7, 11) is 0. The molecule has 0 bridgehead atoms. The molecular weight excluding hydrogens is 285 g/mol. The molecule has 1 aromatic carbocycles. The third-order valence-corrected chi connectivity index (χ3v) is 4.83. The summed E-state index contributed by atoms with van der Waals surface area (Å²) in [5.41, 5.74) is 0.448. The van der Waals surface area contributed by atoms with Gasteiger partial charge in [0.05, 0.1) is 16.7 Å². The zero-order valence-corrected chi connectivity index (χ0v) is 11.9. The van der Waals surface area contributed by atoms with Gasteiger partial charge in [-0.25, -0.2) is 0 Å². The summed E-state index contributed by atoms with van der Waals surface area (Å²) in [6.45, 7) is 1.33. The van der Waals surface area contributed by atoms with Gasteiger partial charge in [0.2, 0.25) is 0 Å². The molecule has 19 heavy (non-hydrogen) atoms. The van der Waals surface area contributed by atoms with Gasteiger partial charge in [0.1, 0.15) is 0 Å². The first-order chi connectivity index (χ1) is 9.06. The van der Waals surface area contributed by atoms with Gasteiger partial charge in [-0.15, -0.1) is 0 Å². The number of amides is 1. The molecule has 3 nitrogen and oxygen atoms in total. The van der Waals surface area contributed by atoms with E-state index in [2.05, 4.69) is 0 Å². The highest BCUT2D eigenvalue weighted by molar-refractivity contribution is 6.35. The van der Waals surface area contributed by atoms with Crippen LogP contribution >= 0.6 is 23.2 Å². The molecule has 3 atom stereocenters. The molecule has 0 radical (unpaired) electrons. The Morgan fingerprint density at radius 1 is 1.26 bits per heavy atom. The average molecular weight is 300 g/mol. The van der Waals surface area contributed by atoms with E-state index in [9.17, 15) is 9.90 Å². The van der Waals surface area contributed by atoms with Crippen molar-refractivity contribution in [1.29, 1.82) is 0 Å². The summed E-state index contributed by atoms with van der Waals surface area (Å²) in [5, 5.41) is 10.8. The number of carbonyl (C=O) groups is 1. The van der Waals surface area contributed by atoms with Crippen molar-refractivity contribution in [2.75, 3.05) is 13.1 Å². The number of benzene rings is 1. The number of carbonyl (C=O) groups excluding carboxylic acids is 1. The lowest BCUT2D eigenvalue weighted by molar-refractivity contribution is 0.0752. The Kier molecular flexibility index (Phi) is 3.46. The summed E-state index contributed by atoms with van der Waals surface area (Å²) >= 11 is 12.0. The van der Waals surface area contributed by atoms with Crippen molar-refractivity contribution in [3.8, 4) is 0 Å². The molecule has 1 aromatic rings. The van der Waals surface area contributed by atoms with Gasteiger partial charge in [0, 0.05) is 24.0 Å². The molecule has 102 valence electrons. The van der Waals surface area contributed by atoms with Crippen LogP contribution in [0, 0.1) is 11.8 Å². The Morgan fingerprint density at radius 3 is 2.79 bits per heavy atom. The standard InChI is InChI=1S/C14H15Cl2NO2/c15-9-2-3-12(16)10(5-9)14(19)17-6-8-1-4-13(18)11(8)7-17/h2-3,5,8,11,13,18H,1,4,6-7H2. The predicted octanol–water partition coefficient (Wildman–Crippen LogP) is 2.84. The van der Waals surface area contributed by atoms with Crippen LogP contribution in [0.25, 0.3) is 0 Å². The van der Waals surface area contributed by atoms with E-state index in [0.29, 0.717) is 34.6 Å². The number of fused-ring (bicyclic) bond motifs is 1. The molecule has 1 heterocycles. The van der Waals surface area contributed by atoms with Crippen LogP contribution in [0.3, 0.4) is 0 Å². The van der Waals surface area contributed by atoms with Crippen LogP contribution < -0.4 is 0 Å². The normalized spacial score (nSPS) is 29.6. The van der Waals surface area contributed by atoms with Crippen LogP contribution in [0.4, 0.5) is 0 Å². The fourth-order valence-corrected chi connectivity index (χ4v) is 3.60.